The zero-order valence-corrected chi connectivity index (χ0v) is 21.2. The summed E-state index contributed by atoms with van der Waals surface area (Å²) in [5, 5.41) is 4.69. The largest absolute Gasteiger partial charge is 0.573 e. The quantitative estimate of drug-likeness (QED) is 0.374. The van der Waals surface area contributed by atoms with Gasteiger partial charge in [0.25, 0.3) is 0 Å². The van der Waals surface area contributed by atoms with Crippen LogP contribution < -0.4 is 15.8 Å². The Morgan fingerprint density at radius 3 is 2.67 bits per heavy atom. The third kappa shape index (κ3) is 6.41. The number of fused-ring (bicyclic) bond motifs is 1. The number of nitrogens with two attached hydrogens (primary N) is 1. The highest BCUT2D eigenvalue weighted by Crippen LogP contribution is 2.36. The van der Waals surface area contributed by atoms with Gasteiger partial charge < -0.3 is 20.4 Å². The first kappa shape index (κ1) is 26.5. The van der Waals surface area contributed by atoms with E-state index in [-0.39, 0.29) is 5.75 Å². The van der Waals surface area contributed by atoms with E-state index >= 15 is 0 Å². The van der Waals surface area contributed by atoms with Crippen molar-refractivity contribution in [2.24, 2.45) is 5.73 Å². The van der Waals surface area contributed by atoms with E-state index in [4.69, 9.17) is 5.73 Å². The van der Waals surface area contributed by atoms with Crippen LogP contribution in [0.3, 0.4) is 0 Å². The molecule has 0 radical (unpaired) electrons. The lowest BCUT2D eigenvalue weighted by Gasteiger charge is -2.33. The molecular formula is C28H37F3N4O. The summed E-state index contributed by atoms with van der Waals surface area (Å²) >= 11 is 0. The maximum atomic E-state index is 12.8. The van der Waals surface area contributed by atoms with Crippen LogP contribution in [-0.4, -0.2) is 48.1 Å². The van der Waals surface area contributed by atoms with Gasteiger partial charge in [-0.1, -0.05) is 26.0 Å². The van der Waals surface area contributed by atoms with Crippen molar-refractivity contribution in [1.82, 2.24) is 14.8 Å². The molecule has 0 spiro atoms. The molecule has 36 heavy (non-hydrogen) atoms. The highest BCUT2D eigenvalue weighted by Gasteiger charge is 2.31. The molecule has 1 fully saturated rings. The second-order valence-corrected chi connectivity index (χ2v) is 9.58. The van der Waals surface area contributed by atoms with Crippen LogP contribution in [0, 0.1) is 0 Å². The minimum Gasteiger partial charge on any atom is -0.406 e. The molecule has 1 unspecified atom stereocenters. The van der Waals surface area contributed by atoms with Crippen LogP contribution in [0.5, 0.6) is 5.75 Å². The predicted molar refractivity (Wildman–Crippen MR) is 139 cm³/mol. The van der Waals surface area contributed by atoms with Crippen LogP contribution in [0.4, 0.5) is 13.2 Å². The average Bonchev–Trinajstić information content (AvgIpc) is 3.19. The third-order valence-electron chi connectivity index (χ3n) is 6.93. The Balaban J connectivity index is 1.70. The SMILES string of the molecule is CCNC1CCCN(Cc2ccc3c(c2)c(-c2ccc(OC(F)(F)F)cc2CC)cn3CCCN)C1. The minimum atomic E-state index is -4.71. The molecule has 196 valence electrons. The van der Waals surface area contributed by atoms with Crippen molar-refractivity contribution in [2.75, 3.05) is 26.2 Å². The fraction of sp³-hybridized carbons (Fsp3) is 0.500. The molecule has 1 aliphatic rings. The number of alkyl halides is 3. The summed E-state index contributed by atoms with van der Waals surface area (Å²) in [5.74, 6) is -0.184. The maximum Gasteiger partial charge on any atom is 0.573 e. The van der Waals surface area contributed by atoms with E-state index in [1.54, 1.807) is 6.07 Å². The number of aromatic nitrogens is 1. The number of hydrogen-bond acceptors (Lipinski definition) is 4. The number of likely N-dealkylation sites (tertiary alicyclic amines) is 1. The lowest BCUT2D eigenvalue weighted by Crippen LogP contribution is -2.45. The molecule has 4 rings (SSSR count). The van der Waals surface area contributed by atoms with Gasteiger partial charge in [-0.15, -0.1) is 13.2 Å². The lowest BCUT2D eigenvalue weighted by atomic mass is 9.96. The molecule has 0 bridgehead atoms. The summed E-state index contributed by atoms with van der Waals surface area (Å²) in [5.41, 5.74) is 10.9. The number of nitrogens with one attached hydrogen (secondary N) is 1. The number of piperidine rings is 1. The van der Waals surface area contributed by atoms with E-state index in [1.165, 1.54) is 30.5 Å². The first-order valence-electron chi connectivity index (χ1n) is 13.0. The summed E-state index contributed by atoms with van der Waals surface area (Å²) in [6, 6.07) is 11.8. The molecule has 1 atom stereocenters. The summed E-state index contributed by atoms with van der Waals surface area (Å²) in [4.78, 5) is 2.50. The highest BCUT2D eigenvalue weighted by atomic mass is 19.4. The maximum absolute atomic E-state index is 12.8. The highest BCUT2D eigenvalue weighted by molar-refractivity contribution is 5.97. The average molecular weight is 503 g/mol. The van der Waals surface area contributed by atoms with Crippen LogP contribution in [0.15, 0.2) is 42.6 Å². The Labute approximate surface area is 211 Å². The van der Waals surface area contributed by atoms with Crippen LogP contribution in [0.1, 0.15) is 44.2 Å². The second kappa shape index (κ2) is 11.7. The zero-order chi connectivity index (χ0) is 25.7. The molecule has 0 aliphatic carbocycles. The number of nitrogens with zero attached hydrogens (tertiary/aromatic N) is 2. The smallest absolute Gasteiger partial charge is 0.406 e. The summed E-state index contributed by atoms with van der Waals surface area (Å²) in [7, 11) is 0. The fourth-order valence-corrected chi connectivity index (χ4v) is 5.34. The first-order valence-corrected chi connectivity index (χ1v) is 13.0. The molecule has 3 N–H and O–H groups in total. The van der Waals surface area contributed by atoms with Gasteiger partial charge in [0.15, 0.2) is 0 Å². The number of hydrogen-bond donors (Lipinski definition) is 2. The summed E-state index contributed by atoms with van der Waals surface area (Å²) in [6.07, 6.45) is 1.26. The monoisotopic (exact) mass is 502 g/mol. The topological polar surface area (TPSA) is 55.5 Å². The molecule has 5 nitrogen and oxygen atoms in total. The van der Waals surface area contributed by atoms with Gasteiger partial charge in [0.1, 0.15) is 5.75 Å². The van der Waals surface area contributed by atoms with Crippen molar-refractivity contribution in [1.29, 1.82) is 0 Å². The van der Waals surface area contributed by atoms with Crippen LogP contribution in [0.25, 0.3) is 22.0 Å². The number of halogens is 3. The molecule has 1 aliphatic heterocycles. The van der Waals surface area contributed by atoms with E-state index in [2.05, 4.69) is 50.8 Å². The Hall–Kier alpha value is -2.55. The normalized spacial score (nSPS) is 17.1. The van der Waals surface area contributed by atoms with Gasteiger partial charge in [-0.2, -0.15) is 0 Å². The van der Waals surface area contributed by atoms with Gasteiger partial charge >= 0.3 is 6.36 Å². The van der Waals surface area contributed by atoms with Gasteiger partial charge in [-0.05, 0) is 86.3 Å². The van der Waals surface area contributed by atoms with Crippen molar-refractivity contribution in [2.45, 2.75) is 65.0 Å². The van der Waals surface area contributed by atoms with Crippen molar-refractivity contribution >= 4 is 10.9 Å². The molecule has 1 saturated heterocycles. The van der Waals surface area contributed by atoms with Crippen LogP contribution in [-0.2, 0) is 19.5 Å². The van der Waals surface area contributed by atoms with Crippen molar-refractivity contribution in [3.8, 4) is 16.9 Å². The number of likely N-dealkylation sites (N-methyl/N-ethyl adjacent to an activating group) is 1. The van der Waals surface area contributed by atoms with E-state index < -0.39 is 6.36 Å². The summed E-state index contributed by atoms with van der Waals surface area (Å²) in [6.45, 7) is 9.48. The molecule has 8 heteroatoms. The van der Waals surface area contributed by atoms with Crippen molar-refractivity contribution in [3.05, 3.63) is 53.7 Å². The minimum absolute atomic E-state index is 0.184. The Morgan fingerprint density at radius 1 is 1.11 bits per heavy atom. The molecule has 0 amide bonds. The molecular weight excluding hydrogens is 465 g/mol. The van der Waals surface area contributed by atoms with Gasteiger partial charge in [-0.25, -0.2) is 0 Å². The molecule has 3 aromatic rings. The Morgan fingerprint density at radius 2 is 1.94 bits per heavy atom. The van der Waals surface area contributed by atoms with Crippen molar-refractivity contribution in [3.63, 3.8) is 0 Å². The number of ether oxygens (including phenoxy) is 1. The van der Waals surface area contributed by atoms with E-state index in [0.29, 0.717) is 19.0 Å². The molecule has 1 aromatic heterocycles. The standard InChI is InChI=1S/C28H37F3N4O/c1-3-21-16-23(36-28(29,30)31)9-10-24(21)26-19-35(14-6-12-32)27-11-8-20(15-25(26)27)17-34-13-5-7-22(18-34)33-4-2/h8-11,15-16,19,22,33H,3-7,12-14,17-18,32H2,1-2H3. The molecule has 2 heterocycles. The first-order chi connectivity index (χ1) is 17.3. The second-order valence-electron chi connectivity index (χ2n) is 9.58. The van der Waals surface area contributed by atoms with Crippen LogP contribution >= 0.6 is 0 Å². The van der Waals surface area contributed by atoms with E-state index in [0.717, 1.165) is 66.7 Å². The number of rotatable bonds is 10. The number of aryl methyl sites for hydroxylation is 2. The van der Waals surface area contributed by atoms with Gasteiger partial charge in [0.05, 0.1) is 0 Å². The predicted octanol–water partition coefficient (Wildman–Crippen LogP) is 5.69. The van der Waals surface area contributed by atoms with Crippen molar-refractivity contribution < 1.29 is 17.9 Å². The lowest BCUT2D eigenvalue weighted by molar-refractivity contribution is -0.274. The third-order valence-corrected chi connectivity index (χ3v) is 6.93. The van der Waals surface area contributed by atoms with Crippen LogP contribution in [0.2, 0.25) is 0 Å². The molecule has 2 aromatic carbocycles. The molecule has 0 saturated carbocycles. The Kier molecular flexibility index (Phi) is 8.59. The van der Waals surface area contributed by atoms with Gasteiger partial charge in [0.2, 0.25) is 0 Å². The Bertz CT molecular complexity index is 1160. The fourth-order valence-electron chi connectivity index (χ4n) is 5.34. The van der Waals surface area contributed by atoms with E-state index in [9.17, 15) is 13.2 Å². The number of benzene rings is 2. The van der Waals surface area contributed by atoms with Gasteiger partial charge in [0, 0.05) is 48.3 Å². The van der Waals surface area contributed by atoms with Gasteiger partial charge in [-0.3, -0.25) is 4.90 Å². The summed E-state index contributed by atoms with van der Waals surface area (Å²) < 4.78 is 44.8. The zero-order valence-electron chi connectivity index (χ0n) is 21.2. The van der Waals surface area contributed by atoms with E-state index in [1.807, 2.05) is 6.92 Å².